The maximum absolute atomic E-state index is 12.4. The smallest absolute Gasteiger partial charge is 0.328 e. The Bertz CT molecular complexity index is 368. The zero-order valence-corrected chi connectivity index (χ0v) is 13.7. The van der Waals surface area contributed by atoms with E-state index < -0.39 is 11.6 Å². The predicted octanol–water partition coefficient (Wildman–Crippen LogP) is 3.05. The van der Waals surface area contributed by atoms with Crippen LogP contribution in [0.5, 0.6) is 0 Å². The van der Waals surface area contributed by atoms with Crippen LogP contribution in [0, 0.1) is 11.3 Å². The minimum Gasteiger partial charge on any atom is -0.458 e. The molecule has 0 aromatic heterocycles. The lowest BCUT2D eigenvalue weighted by atomic mass is 9.68. The molecule has 20 heavy (non-hydrogen) atoms. The topological polar surface area (TPSA) is 55.4 Å². The lowest BCUT2D eigenvalue weighted by Gasteiger charge is -2.38. The molecule has 1 aliphatic rings. The summed E-state index contributed by atoms with van der Waals surface area (Å²) in [6.07, 6.45) is 4.23. The van der Waals surface area contributed by atoms with Gasteiger partial charge in [-0.05, 0) is 46.0 Å². The first-order chi connectivity index (χ1) is 9.03. The van der Waals surface area contributed by atoms with Crippen molar-refractivity contribution in [2.24, 2.45) is 11.3 Å². The van der Waals surface area contributed by atoms with Crippen LogP contribution in [-0.2, 0) is 14.3 Å². The van der Waals surface area contributed by atoms with Crippen molar-refractivity contribution in [3.05, 3.63) is 0 Å². The number of ether oxygens (including phenoxy) is 1. The molecule has 1 N–H and O–H groups in total. The van der Waals surface area contributed by atoms with E-state index in [0.717, 1.165) is 19.3 Å². The first-order valence-electron chi connectivity index (χ1n) is 7.56. The molecule has 0 bridgehead atoms. The van der Waals surface area contributed by atoms with Gasteiger partial charge >= 0.3 is 5.97 Å². The summed E-state index contributed by atoms with van der Waals surface area (Å²) in [4.78, 5) is 24.3. The molecule has 1 unspecified atom stereocenters. The van der Waals surface area contributed by atoms with Crippen LogP contribution in [0.25, 0.3) is 0 Å². The van der Waals surface area contributed by atoms with Crippen molar-refractivity contribution in [2.45, 2.75) is 78.9 Å². The highest BCUT2D eigenvalue weighted by molar-refractivity contribution is 5.86. The van der Waals surface area contributed by atoms with Crippen LogP contribution < -0.4 is 5.32 Å². The van der Waals surface area contributed by atoms with Gasteiger partial charge in [-0.3, -0.25) is 4.79 Å². The van der Waals surface area contributed by atoms with E-state index in [2.05, 4.69) is 19.2 Å². The number of carbonyl (C=O) groups is 2. The van der Waals surface area contributed by atoms with E-state index in [1.54, 1.807) is 6.92 Å². The van der Waals surface area contributed by atoms with Crippen molar-refractivity contribution in [1.82, 2.24) is 5.32 Å². The number of hydrogen-bond donors (Lipinski definition) is 1. The second-order valence-corrected chi connectivity index (χ2v) is 7.55. The molecule has 0 saturated heterocycles. The van der Waals surface area contributed by atoms with Gasteiger partial charge in [0.2, 0.25) is 5.91 Å². The molecule has 0 aliphatic heterocycles. The second-order valence-electron chi connectivity index (χ2n) is 7.55. The van der Waals surface area contributed by atoms with Crippen LogP contribution in [0.3, 0.4) is 0 Å². The van der Waals surface area contributed by atoms with Gasteiger partial charge in [-0.25, -0.2) is 4.79 Å². The fourth-order valence-electron chi connectivity index (χ4n) is 2.74. The van der Waals surface area contributed by atoms with Crippen LogP contribution in [0.4, 0.5) is 0 Å². The summed E-state index contributed by atoms with van der Waals surface area (Å²) in [5.74, 6) is -0.409. The Hall–Kier alpha value is -1.06. The van der Waals surface area contributed by atoms with E-state index in [4.69, 9.17) is 4.74 Å². The van der Waals surface area contributed by atoms with Gasteiger partial charge in [-0.15, -0.1) is 0 Å². The number of nitrogens with one attached hydrogen (secondary N) is 1. The summed E-state index contributed by atoms with van der Waals surface area (Å²) >= 11 is 0. The van der Waals surface area contributed by atoms with Gasteiger partial charge < -0.3 is 10.1 Å². The first kappa shape index (κ1) is 17.0. The molecule has 1 amide bonds. The summed E-state index contributed by atoms with van der Waals surface area (Å²) in [6, 6.07) is -0.598. The zero-order chi connectivity index (χ0) is 15.6. The van der Waals surface area contributed by atoms with E-state index in [9.17, 15) is 9.59 Å². The zero-order valence-electron chi connectivity index (χ0n) is 13.7. The van der Waals surface area contributed by atoms with E-state index in [1.807, 2.05) is 20.8 Å². The molecule has 1 aliphatic carbocycles. The van der Waals surface area contributed by atoms with Crippen molar-refractivity contribution < 1.29 is 14.3 Å². The summed E-state index contributed by atoms with van der Waals surface area (Å²) < 4.78 is 5.29. The van der Waals surface area contributed by atoms with Gasteiger partial charge in [0.1, 0.15) is 11.6 Å². The number of amides is 1. The number of esters is 1. The van der Waals surface area contributed by atoms with Crippen LogP contribution in [0.1, 0.15) is 67.2 Å². The summed E-state index contributed by atoms with van der Waals surface area (Å²) in [5, 5.41) is 2.81. The Morgan fingerprint density at radius 1 is 1.25 bits per heavy atom. The molecule has 0 heterocycles. The molecule has 0 aromatic carbocycles. The fourth-order valence-corrected chi connectivity index (χ4v) is 2.74. The van der Waals surface area contributed by atoms with Crippen LogP contribution in [0.15, 0.2) is 0 Å². The highest BCUT2D eigenvalue weighted by Crippen LogP contribution is 2.40. The monoisotopic (exact) mass is 283 g/mol. The Morgan fingerprint density at radius 2 is 1.85 bits per heavy atom. The molecule has 0 aromatic rings. The third-order valence-electron chi connectivity index (χ3n) is 3.94. The Balaban J connectivity index is 2.59. The summed E-state index contributed by atoms with van der Waals surface area (Å²) in [7, 11) is 0. The van der Waals surface area contributed by atoms with E-state index in [1.165, 1.54) is 6.42 Å². The first-order valence-corrected chi connectivity index (χ1v) is 7.56. The molecular formula is C16H29NO3. The number of hydrogen-bond acceptors (Lipinski definition) is 3. The average Bonchev–Trinajstić information content (AvgIpc) is 2.25. The third kappa shape index (κ3) is 4.80. The Morgan fingerprint density at radius 3 is 2.35 bits per heavy atom. The SMILES string of the molecule is C[C@@H](NC(=O)C1CCCCC1(C)C)C(=O)OC(C)(C)C. The molecule has 1 rings (SSSR count). The molecule has 1 fully saturated rings. The van der Waals surface area contributed by atoms with Gasteiger partial charge in [0.05, 0.1) is 0 Å². The molecule has 2 atom stereocenters. The molecule has 0 spiro atoms. The standard InChI is InChI=1S/C16H29NO3/c1-11(14(19)20-15(2,3)4)17-13(18)12-9-7-8-10-16(12,5)6/h11-12H,7-10H2,1-6H3,(H,17,18)/t11-,12?/m1/s1. The Labute approximate surface area is 122 Å². The second kappa shape index (κ2) is 6.15. The summed E-state index contributed by atoms with van der Waals surface area (Å²) in [6.45, 7) is 11.4. The van der Waals surface area contributed by atoms with E-state index in [-0.39, 0.29) is 23.2 Å². The van der Waals surface area contributed by atoms with Crippen LogP contribution in [0.2, 0.25) is 0 Å². The van der Waals surface area contributed by atoms with Crippen LogP contribution in [-0.4, -0.2) is 23.5 Å². The van der Waals surface area contributed by atoms with Gasteiger partial charge in [0.25, 0.3) is 0 Å². The van der Waals surface area contributed by atoms with Crippen LogP contribution >= 0.6 is 0 Å². The van der Waals surface area contributed by atoms with Gasteiger partial charge in [-0.2, -0.15) is 0 Å². The molecule has 116 valence electrons. The normalized spacial score (nSPS) is 23.8. The van der Waals surface area contributed by atoms with Crippen molar-refractivity contribution >= 4 is 11.9 Å². The predicted molar refractivity (Wildman–Crippen MR) is 79.2 cm³/mol. The molecule has 0 radical (unpaired) electrons. The largest absolute Gasteiger partial charge is 0.458 e. The minimum absolute atomic E-state index is 0.00991. The van der Waals surface area contributed by atoms with Gasteiger partial charge in [-0.1, -0.05) is 26.7 Å². The van der Waals surface area contributed by atoms with Gasteiger partial charge in [0.15, 0.2) is 0 Å². The highest BCUT2D eigenvalue weighted by Gasteiger charge is 2.38. The lowest BCUT2D eigenvalue weighted by Crippen LogP contribution is -2.48. The maximum atomic E-state index is 12.4. The lowest BCUT2D eigenvalue weighted by molar-refractivity contribution is -0.158. The Kier molecular flexibility index (Phi) is 5.22. The number of rotatable bonds is 3. The quantitative estimate of drug-likeness (QED) is 0.810. The summed E-state index contributed by atoms with van der Waals surface area (Å²) in [5.41, 5.74) is -0.518. The number of carbonyl (C=O) groups excluding carboxylic acids is 2. The van der Waals surface area contributed by atoms with Crippen molar-refractivity contribution in [3.8, 4) is 0 Å². The van der Waals surface area contributed by atoms with E-state index in [0.29, 0.717) is 0 Å². The van der Waals surface area contributed by atoms with Crippen molar-refractivity contribution in [1.29, 1.82) is 0 Å². The third-order valence-corrected chi connectivity index (χ3v) is 3.94. The molecule has 4 heteroatoms. The highest BCUT2D eigenvalue weighted by atomic mass is 16.6. The van der Waals surface area contributed by atoms with Crippen molar-refractivity contribution in [2.75, 3.05) is 0 Å². The van der Waals surface area contributed by atoms with Gasteiger partial charge in [0, 0.05) is 5.92 Å². The molecule has 4 nitrogen and oxygen atoms in total. The molecular weight excluding hydrogens is 254 g/mol. The van der Waals surface area contributed by atoms with Crippen molar-refractivity contribution in [3.63, 3.8) is 0 Å². The van der Waals surface area contributed by atoms with E-state index >= 15 is 0 Å². The maximum Gasteiger partial charge on any atom is 0.328 e. The fraction of sp³-hybridized carbons (Fsp3) is 0.875. The minimum atomic E-state index is -0.598. The molecule has 1 saturated carbocycles. The average molecular weight is 283 g/mol.